The highest BCUT2D eigenvalue weighted by atomic mass is 16.1. The van der Waals surface area contributed by atoms with Crippen LogP contribution in [-0.4, -0.2) is 10.4 Å². The van der Waals surface area contributed by atoms with Crippen molar-refractivity contribution in [1.82, 2.24) is 4.57 Å². The maximum Gasteiger partial charge on any atom is 0.176 e. The quantitative estimate of drug-likeness (QED) is 0.658. The summed E-state index contributed by atoms with van der Waals surface area (Å²) in [7, 11) is 0. The van der Waals surface area contributed by atoms with Crippen LogP contribution in [0.3, 0.4) is 0 Å². The standard InChI is InChI=1S/C12H19NO/c1-10(2)6-4-8-13-9-5-7-12(13)11(3)14/h5,7,9-10H,4,6,8H2,1-3H3. The SMILES string of the molecule is CC(=O)c1cccn1CCCC(C)C. The predicted molar refractivity (Wildman–Crippen MR) is 58.5 cm³/mol. The van der Waals surface area contributed by atoms with Crippen LogP contribution in [0.25, 0.3) is 0 Å². The number of hydrogen-bond donors (Lipinski definition) is 0. The summed E-state index contributed by atoms with van der Waals surface area (Å²) in [6, 6.07) is 3.82. The van der Waals surface area contributed by atoms with Crippen molar-refractivity contribution < 1.29 is 4.79 Å². The molecule has 0 spiro atoms. The van der Waals surface area contributed by atoms with Crippen molar-refractivity contribution in [2.75, 3.05) is 0 Å². The Hall–Kier alpha value is -1.05. The van der Waals surface area contributed by atoms with Crippen molar-refractivity contribution in [1.29, 1.82) is 0 Å². The molecule has 0 N–H and O–H groups in total. The van der Waals surface area contributed by atoms with Gasteiger partial charge in [0.1, 0.15) is 0 Å². The molecule has 0 unspecified atom stereocenters. The molecule has 0 saturated carbocycles. The average Bonchev–Trinajstić information content (AvgIpc) is 2.51. The van der Waals surface area contributed by atoms with Gasteiger partial charge in [0.15, 0.2) is 5.78 Å². The highest BCUT2D eigenvalue weighted by Gasteiger charge is 2.04. The van der Waals surface area contributed by atoms with Crippen molar-refractivity contribution in [2.45, 2.75) is 40.2 Å². The molecule has 0 amide bonds. The van der Waals surface area contributed by atoms with Crippen LogP contribution in [0.2, 0.25) is 0 Å². The first-order valence-corrected chi connectivity index (χ1v) is 5.27. The molecule has 1 heterocycles. The van der Waals surface area contributed by atoms with Crippen molar-refractivity contribution in [2.24, 2.45) is 5.92 Å². The van der Waals surface area contributed by atoms with E-state index in [2.05, 4.69) is 13.8 Å². The zero-order valence-electron chi connectivity index (χ0n) is 9.29. The molecule has 0 atom stereocenters. The van der Waals surface area contributed by atoms with Gasteiger partial charge in [0.25, 0.3) is 0 Å². The fourth-order valence-corrected chi connectivity index (χ4v) is 1.60. The van der Waals surface area contributed by atoms with Crippen LogP contribution in [0, 0.1) is 5.92 Å². The average molecular weight is 193 g/mol. The Bertz CT molecular complexity index is 299. The minimum absolute atomic E-state index is 0.152. The summed E-state index contributed by atoms with van der Waals surface area (Å²) in [5.74, 6) is 0.894. The van der Waals surface area contributed by atoms with E-state index >= 15 is 0 Å². The number of carbonyl (C=O) groups is 1. The number of nitrogens with zero attached hydrogens (tertiary/aromatic N) is 1. The number of Topliss-reactive ketones (excluding diaryl/α,β-unsaturated/α-hetero) is 1. The molecule has 0 radical (unpaired) electrons. The third-order valence-corrected chi connectivity index (χ3v) is 2.37. The zero-order chi connectivity index (χ0) is 10.6. The van der Waals surface area contributed by atoms with Crippen LogP contribution in [0.1, 0.15) is 44.1 Å². The van der Waals surface area contributed by atoms with Gasteiger partial charge in [-0.3, -0.25) is 4.79 Å². The van der Waals surface area contributed by atoms with E-state index in [1.807, 2.05) is 22.9 Å². The normalized spacial score (nSPS) is 10.9. The van der Waals surface area contributed by atoms with E-state index in [9.17, 15) is 4.79 Å². The van der Waals surface area contributed by atoms with Crippen LogP contribution in [-0.2, 0) is 6.54 Å². The van der Waals surface area contributed by atoms with Crippen LogP contribution in [0.4, 0.5) is 0 Å². The zero-order valence-corrected chi connectivity index (χ0v) is 9.29. The molecule has 0 bridgehead atoms. The van der Waals surface area contributed by atoms with Crippen LogP contribution in [0.15, 0.2) is 18.3 Å². The molecule has 0 aliphatic rings. The summed E-state index contributed by atoms with van der Waals surface area (Å²) in [6.07, 6.45) is 4.35. The Balaban J connectivity index is 2.50. The molecule has 0 aliphatic heterocycles. The van der Waals surface area contributed by atoms with Crippen molar-refractivity contribution in [3.63, 3.8) is 0 Å². The Morgan fingerprint density at radius 2 is 2.21 bits per heavy atom. The van der Waals surface area contributed by atoms with Gasteiger partial charge >= 0.3 is 0 Å². The molecule has 2 nitrogen and oxygen atoms in total. The van der Waals surface area contributed by atoms with Gasteiger partial charge in [-0.25, -0.2) is 0 Å². The second-order valence-electron chi connectivity index (χ2n) is 4.18. The third-order valence-electron chi connectivity index (χ3n) is 2.37. The minimum Gasteiger partial charge on any atom is -0.345 e. The second-order valence-corrected chi connectivity index (χ2v) is 4.18. The first-order chi connectivity index (χ1) is 6.61. The topological polar surface area (TPSA) is 22.0 Å². The van der Waals surface area contributed by atoms with E-state index in [1.54, 1.807) is 6.92 Å². The second kappa shape index (κ2) is 4.99. The molecular weight excluding hydrogens is 174 g/mol. The summed E-state index contributed by atoms with van der Waals surface area (Å²) < 4.78 is 2.05. The Labute approximate surface area is 85.9 Å². The molecule has 1 aromatic rings. The lowest BCUT2D eigenvalue weighted by Crippen LogP contribution is -2.06. The lowest BCUT2D eigenvalue weighted by atomic mass is 10.1. The third kappa shape index (κ3) is 3.02. The predicted octanol–water partition coefficient (Wildman–Crippen LogP) is 3.13. The van der Waals surface area contributed by atoms with Gasteiger partial charge in [0.2, 0.25) is 0 Å². The van der Waals surface area contributed by atoms with Crippen LogP contribution >= 0.6 is 0 Å². The molecule has 78 valence electrons. The largest absolute Gasteiger partial charge is 0.345 e. The van der Waals surface area contributed by atoms with Crippen molar-refractivity contribution in [3.05, 3.63) is 24.0 Å². The molecule has 0 fully saturated rings. The van der Waals surface area contributed by atoms with Crippen LogP contribution in [0.5, 0.6) is 0 Å². The molecular formula is C12H19NO. The number of hydrogen-bond acceptors (Lipinski definition) is 1. The number of carbonyl (C=O) groups excluding carboxylic acids is 1. The van der Waals surface area contributed by atoms with Gasteiger partial charge in [0, 0.05) is 19.7 Å². The molecule has 1 aromatic heterocycles. The van der Waals surface area contributed by atoms with Crippen molar-refractivity contribution in [3.8, 4) is 0 Å². The van der Waals surface area contributed by atoms with E-state index in [-0.39, 0.29) is 5.78 Å². The van der Waals surface area contributed by atoms with Gasteiger partial charge in [-0.05, 0) is 30.9 Å². The summed E-state index contributed by atoms with van der Waals surface area (Å²) in [4.78, 5) is 11.2. The van der Waals surface area contributed by atoms with Crippen LogP contribution < -0.4 is 0 Å². The summed E-state index contributed by atoms with van der Waals surface area (Å²) in [5.41, 5.74) is 0.828. The maximum absolute atomic E-state index is 11.2. The number of rotatable bonds is 5. The van der Waals surface area contributed by atoms with E-state index in [4.69, 9.17) is 0 Å². The van der Waals surface area contributed by atoms with E-state index in [0.29, 0.717) is 0 Å². The highest BCUT2D eigenvalue weighted by Crippen LogP contribution is 2.09. The fraction of sp³-hybridized carbons (Fsp3) is 0.583. The smallest absolute Gasteiger partial charge is 0.176 e. The minimum atomic E-state index is 0.152. The Kier molecular flexibility index (Phi) is 3.93. The molecule has 1 rings (SSSR count). The lowest BCUT2D eigenvalue weighted by molar-refractivity contribution is 0.100. The van der Waals surface area contributed by atoms with E-state index < -0.39 is 0 Å². The first-order valence-electron chi connectivity index (χ1n) is 5.27. The van der Waals surface area contributed by atoms with E-state index in [0.717, 1.165) is 24.6 Å². The first kappa shape index (κ1) is 11.0. The van der Waals surface area contributed by atoms with Crippen molar-refractivity contribution >= 4 is 5.78 Å². The Morgan fingerprint density at radius 1 is 1.50 bits per heavy atom. The number of ketones is 1. The fourth-order valence-electron chi connectivity index (χ4n) is 1.60. The number of aromatic nitrogens is 1. The summed E-state index contributed by atoms with van der Waals surface area (Å²) in [5, 5.41) is 0. The highest BCUT2D eigenvalue weighted by molar-refractivity contribution is 5.92. The van der Waals surface area contributed by atoms with Gasteiger partial charge < -0.3 is 4.57 Å². The maximum atomic E-state index is 11.2. The summed E-state index contributed by atoms with van der Waals surface area (Å²) >= 11 is 0. The van der Waals surface area contributed by atoms with Gasteiger partial charge in [0.05, 0.1) is 5.69 Å². The van der Waals surface area contributed by atoms with Gasteiger partial charge in [-0.1, -0.05) is 13.8 Å². The monoisotopic (exact) mass is 193 g/mol. The molecule has 2 heteroatoms. The molecule has 0 saturated heterocycles. The molecule has 0 aliphatic carbocycles. The number of aryl methyl sites for hydroxylation is 1. The Morgan fingerprint density at radius 3 is 2.79 bits per heavy atom. The molecule has 14 heavy (non-hydrogen) atoms. The lowest BCUT2D eigenvalue weighted by Gasteiger charge is -2.08. The summed E-state index contributed by atoms with van der Waals surface area (Å²) in [6.45, 7) is 7.03. The van der Waals surface area contributed by atoms with E-state index in [1.165, 1.54) is 6.42 Å². The van der Waals surface area contributed by atoms with Gasteiger partial charge in [-0.2, -0.15) is 0 Å². The van der Waals surface area contributed by atoms with Gasteiger partial charge in [-0.15, -0.1) is 0 Å². The molecule has 0 aromatic carbocycles.